The number of methoxy groups -OCH3 is 3. The molecule has 0 unspecified atom stereocenters. The maximum Gasteiger partial charge on any atom is 0.279 e. The number of ether oxygens (including phenoxy) is 3. The van der Waals surface area contributed by atoms with Gasteiger partial charge < -0.3 is 18.8 Å². The van der Waals surface area contributed by atoms with E-state index < -0.39 is 5.91 Å². The van der Waals surface area contributed by atoms with Crippen molar-refractivity contribution in [3.63, 3.8) is 0 Å². The number of carbonyl (C=O) groups is 1. The Balaban J connectivity index is 2.18. The Bertz CT molecular complexity index is 1170. The zero-order valence-electron chi connectivity index (χ0n) is 17.0. The SMILES string of the molecule is C#CCn1c(=NC(=O)c2cc(OC)c(OC)c(OC)c2)sc2cc(C)c(C)cc21. The Morgan fingerprint density at radius 1 is 1.07 bits per heavy atom. The van der Waals surface area contributed by atoms with E-state index in [1.54, 1.807) is 12.1 Å². The molecule has 0 aliphatic carbocycles. The van der Waals surface area contributed by atoms with Gasteiger partial charge in [-0.05, 0) is 49.2 Å². The third kappa shape index (κ3) is 3.84. The molecule has 0 saturated carbocycles. The van der Waals surface area contributed by atoms with E-state index in [-0.39, 0.29) is 0 Å². The van der Waals surface area contributed by atoms with Gasteiger partial charge in [0.15, 0.2) is 16.3 Å². The predicted molar refractivity (Wildman–Crippen MR) is 114 cm³/mol. The van der Waals surface area contributed by atoms with Gasteiger partial charge in [0.1, 0.15) is 0 Å². The van der Waals surface area contributed by atoms with Crippen molar-refractivity contribution in [2.24, 2.45) is 4.99 Å². The molecule has 0 fully saturated rings. The van der Waals surface area contributed by atoms with Crippen molar-refractivity contribution >= 4 is 27.5 Å². The third-order valence-corrected chi connectivity index (χ3v) is 5.70. The van der Waals surface area contributed by atoms with Gasteiger partial charge in [-0.15, -0.1) is 6.42 Å². The number of amides is 1. The summed E-state index contributed by atoms with van der Waals surface area (Å²) in [4.78, 5) is 17.8. The summed E-state index contributed by atoms with van der Waals surface area (Å²) in [5.74, 6) is 3.43. The summed E-state index contributed by atoms with van der Waals surface area (Å²) in [5, 5.41) is 0. The van der Waals surface area contributed by atoms with Crippen LogP contribution in [0.5, 0.6) is 17.2 Å². The standard InChI is InChI=1S/C22H22N2O4S/c1-7-8-24-16-9-13(2)14(3)10-19(16)29-22(24)23-21(25)15-11-17(26-4)20(28-6)18(12-15)27-5/h1,9-12H,8H2,2-6H3. The van der Waals surface area contributed by atoms with Gasteiger partial charge in [-0.3, -0.25) is 4.79 Å². The summed E-state index contributed by atoms with van der Waals surface area (Å²) in [6.07, 6.45) is 5.56. The lowest BCUT2D eigenvalue weighted by molar-refractivity contribution is 0.0997. The first-order valence-electron chi connectivity index (χ1n) is 8.86. The number of hydrogen-bond donors (Lipinski definition) is 0. The Morgan fingerprint density at radius 3 is 2.24 bits per heavy atom. The lowest BCUT2D eigenvalue weighted by Gasteiger charge is -2.12. The maximum absolute atomic E-state index is 12.9. The first-order chi connectivity index (χ1) is 13.9. The monoisotopic (exact) mass is 410 g/mol. The van der Waals surface area contributed by atoms with Crippen molar-refractivity contribution in [2.75, 3.05) is 21.3 Å². The van der Waals surface area contributed by atoms with Crippen LogP contribution in [0.15, 0.2) is 29.3 Å². The van der Waals surface area contributed by atoms with Crippen molar-refractivity contribution < 1.29 is 19.0 Å². The van der Waals surface area contributed by atoms with Crippen molar-refractivity contribution in [3.8, 4) is 29.6 Å². The van der Waals surface area contributed by atoms with E-state index in [1.807, 2.05) is 11.5 Å². The highest BCUT2D eigenvalue weighted by atomic mass is 32.1. The van der Waals surface area contributed by atoms with Gasteiger partial charge in [0, 0.05) is 5.56 Å². The molecule has 6 nitrogen and oxygen atoms in total. The Kier molecular flexibility index (Phi) is 5.95. The van der Waals surface area contributed by atoms with E-state index in [0.717, 1.165) is 15.8 Å². The van der Waals surface area contributed by atoms with E-state index >= 15 is 0 Å². The largest absolute Gasteiger partial charge is 0.493 e. The van der Waals surface area contributed by atoms with Gasteiger partial charge in [-0.1, -0.05) is 17.3 Å². The molecule has 1 aromatic heterocycles. The molecule has 0 bridgehead atoms. The maximum atomic E-state index is 12.9. The van der Waals surface area contributed by atoms with Crippen LogP contribution in [0.1, 0.15) is 21.5 Å². The number of thiazole rings is 1. The van der Waals surface area contributed by atoms with Crippen molar-refractivity contribution in [1.82, 2.24) is 4.57 Å². The average molecular weight is 410 g/mol. The van der Waals surface area contributed by atoms with Gasteiger partial charge in [0.2, 0.25) is 5.75 Å². The average Bonchev–Trinajstić information content (AvgIpc) is 3.03. The molecule has 3 rings (SSSR count). The molecule has 29 heavy (non-hydrogen) atoms. The number of hydrogen-bond acceptors (Lipinski definition) is 5. The molecule has 1 heterocycles. The van der Waals surface area contributed by atoms with E-state index in [0.29, 0.717) is 34.2 Å². The lowest BCUT2D eigenvalue weighted by atomic mass is 10.1. The summed E-state index contributed by atoms with van der Waals surface area (Å²) in [7, 11) is 4.51. The number of aromatic nitrogens is 1. The molecule has 0 atom stereocenters. The first-order valence-corrected chi connectivity index (χ1v) is 9.68. The molecule has 0 aliphatic heterocycles. The van der Waals surface area contributed by atoms with Gasteiger partial charge in [-0.25, -0.2) is 0 Å². The number of benzene rings is 2. The lowest BCUT2D eigenvalue weighted by Crippen LogP contribution is -2.16. The molecule has 1 amide bonds. The molecule has 2 aromatic carbocycles. The molecule has 3 aromatic rings. The summed E-state index contributed by atoms with van der Waals surface area (Å²) >= 11 is 1.43. The highest BCUT2D eigenvalue weighted by Gasteiger charge is 2.17. The Morgan fingerprint density at radius 2 is 1.69 bits per heavy atom. The van der Waals surface area contributed by atoms with Crippen LogP contribution in [0.4, 0.5) is 0 Å². The molecule has 150 valence electrons. The topological polar surface area (TPSA) is 62.1 Å². The van der Waals surface area contributed by atoms with Crippen LogP contribution in [0.25, 0.3) is 10.2 Å². The normalized spacial score (nSPS) is 11.4. The second kappa shape index (κ2) is 8.41. The minimum absolute atomic E-state index is 0.323. The fourth-order valence-corrected chi connectivity index (χ4v) is 4.11. The number of terminal acetylenes is 1. The molecule has 0 spiro atoms. The quantitative estimate of drug-likeness (QED) is 0.602. The van der Waals surface area contributed by atoms with Crippen molar-refractivity contribution in [3.05, 3.63) is 45.8 Å². The minimum Gasteiger partial charge on any atom is -0.493 e. The summed E-state index contributed by atoms with van der Waals surface area (Å²) in [6, 6.07) is 7.33. The van der Waals surface area contributed by atoms with Crippen LogP contribution in [-0.2, 0) is 6.54 Å². The second-order valence-corrected chi connectivity index (χ2v) is 7.42. The Hall–Kier alpha value is -3.24. The number of nitrogens with zero attached hydrogens (tertiary/aromatic N) is 2. The van der Waals surface area contributed by atoms with Gasteiger partial charge in [-0.2, -0.15) is 4.99 Å². The molecule has 0 N–H and O–H groups in total. The Labute approximate surface area is 173 Å². The van der Waals surface area contributed by atoms with Gasteiger partial charge in [0.25, 0.3) is 5.91 Å². The fraction of sp³-hybridized carbons (Fsp3) is 0.273. The zero-order chi connectivity index (χ0) is 21.1. The number of aryl methyl sites for hydroxylation is 2. The molecule has 0 radical (unpaired) electrons. The van der Waals surface area contributed by atoms with Crippen LogP contribution >= 0.6 is 11.3 Å². The predicted octanol–water partition coefficient (Wildman–Crippen LogP) is 3.72. The first kappa shape index (κ1) is 20.5. The summed E-state index contributed by atoms with van der Waals surface area (Å²) in [6.45, 7) is 4.42. The summed E-state index contributed by atoms with van der Waals surface area (Å²) in [5.41, 5.74) is 3.63. The highest BCUT2D eigenvalue weighted by molar-refractivity contribution is 7.16. The van der Waals surface area contributed by atoms with Crippen molar-refractivity contribution in [1.29, 1.82) is 0 Å². The smallest absolute Gasteiger partial charge is 0.279 e. The van der Waals surface area contributed by atoms with E-state index in [4.69, 9.17) is 20.6 Å². The van der Waals surface area contributed by atoms with Crippen LogP contribution in [0.3, 0.4) is 0 Å². The van der Waals surface area contributed by atoms with E-state index in [1.165, 1.54) is 38.2 Å². The number of rotatable bonds is 5. The third-order valence-electron chi connectivity index (χ3n) is 4.66. The zero-order valence-corrected chi connectivity index (χ0v) is 17.8. The van der Waals surface area contributed by atoms with Crippen LogP contribution in [-0.4, -0.2) is 31.8 Å². The van der Waals surface area contributed by atoms with Gasteiger partial charge in [0.05, 0.1) is 38.1 Å². The molecular formula is C22H22N2O4S. The van der Waals surface area contributed by atoms with Crippen LogP contribution < -0.4 is 19.0 Å². The van der Waals surface area contributed by atoms with E-state index in [2.05, 4.69) is 30.0 Å². The molecule has 0 aliphatic rings. The fourth-order valence-electron chi connectivity index (χ4n) is 3.01. The number of carbonyl (C=O) groups excluding carboxylic acids is 1. The highest BCUT2D eigenvalue weighted by Crippen LogP contribution is 2.38. The molecular weight excluding hydrogens is 388 g/mol. The van der Waals surface area contributed by atoms with Crippen LogP contribution in [0.2, 0.25) is 0 Å². The minimum atomic E-state index is -0.421. The van der Waals surface area contributed by atoms with Crippen LogP contribution in [0, 0.1) is 26.2 Å². The number of fused-ring (bicyclic) bond motifs is 1. The summed E-state index contributed by atoms with van der Waals surface area (Å²) < 4.78 is 18.9. The van der Waals surface area contributed by atoms with E-state index in [9.17, 15) is 4.79 Å². The molecule has 7 heteroatoms. The van der Waals surface area contributed by atoms with Gasteiger partial charge >= 0.3 is 0 Å². The van der Waals surface area contributed by atoms with Crippen molar-refractivity contribution in [2.45, 2.75) is 20.4 Å². The second-order valence-electron chi connectivity index (χ2n) is 6.41. The molecule has 0 saturated heterocycles.